The molecule has 0 aliphatic carbocycles. The van der Waals surface area contributed by atoms with Crippen LogP contribution in [0, 0.1) is 11.7 Å². The van der Waals surface area contributed by atoms with Gasteiger partial charge >= 0.3 is 0 Å². The lowest BCUT2D eigenvalue weighted by Gasteiger charge is -2.08. The summed E-state index contributed by atoms with van der Waals surface area (Å²) in [5, 5.41) is 0. The molecule has 76 valence electrons. The molecule has 0 heterocycles. The molecule has 0 aliphatic rings. The molecule has 1 rings (SSSR count). The predicted octanol–water partition coefficient (Wildman–Crippen LogP) is 2.67. The molecule has 0 amide bonds. The molecule has 3 heteroatoms. The third-order valence-corrected chi connectivity index (χ3v) is 1.68. The van der Waals surface area contributed by atoms with Gasteiger partial charge in [-0.25, -0.2) is 4.39 Å². The van der Waals surface area contributed by atoms with E-state index in [1.54, 1.807) is 6.07 Å². The Kier molecular flexibility index (Phi) is 3.63. The van der Waals surface area contributed by atoms with E-state index in [0.717, 1.165) is 0 Å². The van der Waals surface area contributed by atoms with Crippen molar-refractivity contribution in [1.29, 1.82) is 0 Å². The second-order valence-corrected chi connectivity index (χ2v) is 3.51. The Morgan fingerprint density at radius 2 is 2.21 bits per heavy atom. The Morgan fingerprint density at radius 3 is 2.71 bits per heavy atom. The van der Waals surface area contributed by atoms with Crippen LogP contribution < -0.4 is 4.74 Å². The highest BCUT2D eigenvalue weighted by atomic mass is 19.1. The number of rotatable bonds is 4. The Morgan fingerprint density at radius 1 is 1.50 bits per heavy atom. The minimum atomic E-state index is -0.541. The molecule has 0 fully saturated rings. The molecule has 0 bridgehead atoms. The van der Waals surface area contributed by atoms with E-state index in [1.165, 1.54) is 12.1 Å². The van der Waals surface area contributed by atoms with Crippen LogP contribution in [0.3, 0.4) is 0 Å². The topological polar surface area (TPSA) is 26.3 Å². The number of carbonyl (C=O) groups excluding carboxylic acids is 1. The van der Waals surface area contributed by atoms with Crippen LogP contribution in [0.1, 0.15) is 24.2 Å². The molecule has 1 aromatic rings. The van der Waals surface area contributed by atoms with Crippen LogP contribution in [0.2, 0.25) is 0 Å². The highest BCUT2D eigenvalue weighted by Gasteiger charge is 2.03. The number of carbonyl (C=O) groups is 1. The van der Waals surface area contributed by atoms with Gasteiger partial charge in [-0.3, -0.25) is 4.79 Å². The zero-order valence-electron chi connectivity index (χ0n) is 8.29. The van der Waals surface area contributed by atoms with E-state index in [0.29, 0.717) is 24.6 Å². The van der Waals surface area contributed by atoms with Gasteiger partial charge in [0.2, 0.25) is 0 Å². The fourth-order valence-electron chi connectivity index (χ4n) is 0.956. The Hall–Kier alpha value is -1.38. The standard InChI is InChI=1S/C11H13FO2/c1-8(2)7-14-10-4-3-9(6-13)11(12)5-10/h3-6,8H,7H2,1-2H3. The molecule has 0 saturated heterocycles. The van der Waals surface area contributed by atoms with Crippen molar-refractivity contribution in [3.05, 3.63) is 29.6 Å². The minimum absolute atomic E-state index is 0.0573. The summed E-state index contributed by atoms with van der Waals surface area (Å²) in [4.78, 5) is 10.3. The fraction of sp³-hybridized carbons (Fsp3) is 0.364. The van der Waals surface area contributed by atoms with Gasteiger partial charge in [0.25, 0.3) is 0 Å². The number of hydrogen-bond donors (Lipinski definition) is 0. The molecule has 0 aliphatic heterocycles. The lowest BCUT2D eigenvalue weighted by Crippen LogP contribution is -2.04. The maximum Gasteiger partial charge on any atom is 0.152 e. The van der Waals surface area contributed by atoms with Gasteiger partial charge in [0, 0.05) is 6.07 Å². The van der Waals surface area contributed by atoms with Crippen molar-refractivity contribution in [1.82, 2.24) is 0 Å². The summed E-state index contributed by atoms with van der Waals surface area (Å²) in [6.45, 7) is 4.56. The predicted molar refractivity (Wildman–Crippen MR) is 52.1 cm³/mol. The molecule has 1 aromatic carbocycles. The fourth-order valence-corrected chi connectivity index (χ4v) is 0.956. The zero-order valence-corrected chi connectivity index (χ0v) is 8.29. The van der Waals surface area contributed by atoms with Crippen LogP contribution in [0.4, 0.5) is 4.39 Å². The molecule has 0 aromatic heterocycles. The highest BCUT2D eigenvalue weighted by molar-refractivity contribution is 5.75. The van der Waals surface area contributed by atoms with E-state index in [2.05, 4.69) is 0 Å². The van der Waals surface area contributed by atoms with Crippen molar-refractivity contribution in [2.75, 3.05) is 6.61 Å². The largest absolute Gasteiger partial charge is 0.493 e. The number of ether oxygens (including phenoxy) is 1. The van der Waals surface area contributed by atoms with Crippen molar-refractivity contribution in [3.63, 3.8) is 0 Å². The van der Waals surface area contributed by atoms with Crippen LogP contribution in [-0.2, 0) is 0 Å². The number of benzene rings is 1. The van der Waals surface area contributed by atoms with Gasteiger partial charge in [-0.2, -0.15) is 0 Å². The first-order valence-electron chi connectivity index (χ1n) is 4.51. The first-order chi connectivity index (χ1) is 6.63. The van der Waals surface area contributed by atoms with Gasteiger partial charge in [-0.1, -0.05) is 13.8 Å². The quantitative estimate of drug-likeness (QED) is 0.692. The van der Waals surface area contributed by atoms with Crippen LogP contribution in [-0.4, -0.2) is 12.9 Å². The van der Waals surface area contributed by atoms with Crippen LogP contribution in [0.25, 0.3) is 0 Å². The Bertz CT molecular complexity index is 321. The van der Waals surface area contributed by atoms with E-state index in [9.17, 15) is 9.18 Å². The maximum absolute atomic E-state index is 13.1. The summed E-state index contributed by atoms with van der Waals surface area (Å²) < 4.78 is 18.4. The molecule has 0 N–H and O–H groups in total. The normalized spacial score (nSPS) is 10.3. The van der Waals surface area contributed by atoms with E-state index in [1.807, 2.05) is 13.8 Å². The van der Waals surface area contributed by atoms with Crippen molar-refractivity contribution >= 4 is 6.29 Å². The average Bonchev–Trinajstić information content (AvgIpc) is 2.15. The first kappa shape index (κ1) is 10.7. The summed E-state index contributed by atoms with van der Waals surface area (Å²) in [7, 11) is 0. The lowest BCUT2D eigenvalue weighted by molar-refractivity contribution is 0.111. The molecule has 0 saturated carbocycles. The smallest absolute Gasteiger partial charge is 0.152 e. The monoisotopic (exact) mass is 196 g/mol. The molecular formula is C11H13FO2. The zero-order chi connectivity index (χ0) is 10.6. The van der Waals surface area contributed by atoms with Crippen molar-refractivity contribution in [3.8, 4) is 5.75 Å². The molecule has 0 atom stereocenters. The summed E-state index contributed by atoms with van der Waals surface area (Å²) in [6.07, 6.45) is 0.488. The Balaban J connectivity index is 2.71. The third kappa shape index (κ3) is 2.83. The van der Waals surface area contributed by atoms with E-state index >= 15 is 0 Å². The van der Waals surface area contributed by atoms with Crippen molar-refractivity contribution in [2.24, 2.45) is 5.92 Å². The molecular weight excluding hydrogens is 183 g/mol. The van der Waals surface area contributed by atoms with E-state index in [4.69, 9.17) is 4.74 Å². The van der Waals surface area contributed by atoms with Crippen molar-refractivity contribution < 1.29 is 13.9 Å². The van der Waals surface area contributed by atoms with Crippen LogP contribution >= 0.6 is 0 Å². The second-order valence-electron chi connectivity index (χ2n) is 3.51. The summed E-state index contributed by atoms with van der Waals surface area (Å²) >= 11 is 0. The van der Waals surface area contributed by atoms with Gasteiger partial charge < -0.3 is 4.74 Å². The van der Waals surface area contributed by atoms with Gasteiger partial charge in [0.05, 0.1) is 12.2 Å². The minimum Gasteiger partial charge on any atom is -0.493 e. The molecule has 2 nitrogen and oxygen atoms in total. The van der Waals surface area contributed by atoms with Gasteiger partial charge in [-0.15, -0.1) is 0 Å². The highest BCUT2D eigenvalue weighted by Crippen LogP contribution is 2.16. The van der Waals surface area contributed by atoms with Gasteiger partial charge in [0.1, 0.15) is 11.6 Å². The average molecular weight is 196 g/mol. The molecule has 0 radical (unpaired) electrons. The molecule has 14 heavy (non-hydrogen) atoms. The number of halogens is 1. The summed E-state index contributed by atoms with van der Waals surface area (Å²) in [5.74, 6) is 0.312. The van der Waals surface area contributed by atoms with Crippen LogP contribution in [0.5, 0.6) is 5.75 Å². The molecule has 0 spiro atoms. The van der Waals surface area contributed by atoms with Gasteiger partial charge in [-0.05, 0) is 18.1 Å². The summed E-state index contributed by atoms with van der Waals surface area (Å²) in [6, 6.07) is 4.24. The van der Waals surface area contributed by atoms with Crippen LogP contribution in [0.15, 0.2) is 18.2 Å². The number of hydrogen-bond acceptors (Lipinski definition) is 2. The Labute approximate surface area is 82.7 Å². The summed E-state index contributed by atoms with van der Waals surface area (Å²) in [5.41, 5.74) is 0.0573. The van der Waals surface area contributed by atoms with E-state index in [-0.39, 0.29) is 5.56 Å². The van der Waals surface area contributed by atoms with Crippen molar-refractivity contribution in [2.45, 2.75) is 13.8 Å². The van der Waals surface area contributed by atoms with Gasteiger partial charge in [0.15, 0.2) is 6.29 Å². The lowest BCUT2D eigenvalue weighted by atomic mass is 10.2. The number of aldehydes is 1. The first-order valence-corrected chi connectivity index (χ1v) is 4.51. The van der Waals surface area contributed by atoms with E-state index < -0.39 is 5.82 Å². The SMILES string of the molecule is CC(C)COc1ccc(C=O)c(F)c1. The third-order valence-electron chi connectivity index (χ3n) is 1.68. The maximum atomic E-state index is 13.1. The second kappa shape index (κ2) is 4.74. The molecule has 0 unspecified atom stereocenters.